The molecule has 0 N–H and O–H groups in total. The van der Waals surface area contributed by atoms with Gasteiger partial charge in [-0.3, -0.25) is 9.59 Å². The largest absolute Gasteiger partial charge is 0.493 e. The Labute approximate surface area is 189 Å². The number of aldehydes is 1. The molecule has 1 atom stereocenters. The molecular formula is C24H22N2O5S. The van der Waals surface area contributed by atoms with E-state index in [0.29, 0.717) is 35.5 Å². The molecule has 1 aliphatic rings. The molecule has 1 aromatic heterocycles. The third kappa shape index (κ3) is 4.36. The number of hydrogen-bond acceptors (Lipinski definition) is 7. The molecule has 2 aromatic carbocycles. The van der Waals surface area contributed by atoms with Crippen molar-refractivity contribution in [2.45, 2.75) is 12.5 Å². The average Bonchev–Trinajstić information content (AvgIpc) is 3.52. The minimum Gasteiger partial charge on any atom is -0.493 e. The van der Waals surface area contributed by atoms with Crippen molar-refractivity contribution in [2.75, 3.05) is 20.8 Å². The van der Waals surface area contributed by atoms with Crippen LogP contribution >= 0.6 is 11.3 Å². The van der Waals surface area contributed by atoms with Crippen LogP contribution in [0.25, 0.3) is 0 Å². The lowest BCUT2D eigenvalue weighted by atomic mass is 10.0. The number of ether oxygens (including phenoxy) is 3. The molecule has 0 spiro atoms. The van der Waals surface area contributed by atoms with Crippen LogP contribution in [0.4, 0.5) is 0 Å². The number of carbonyl (C=O) groups excluding carboxylic acids is 2. The summed E-state index contributed by atoms with van der Waals surface area (Å²) < 4.78 is 16.4. The van der Waals surface area contributed by atoms with Gasteiger partial charge in [0.05, 0.1) is 36.4 Å². The zero-order valence-corrected chi connectivity index (χ0v) is 18.5. The van der Waals surface area contributed by atoms with E-state index in [4.69, 9.17) is 14.2 Å². The van der Waals surface area contributed by atoms with Crippen LogP contribution in [0, 0.1) is 0 Å². The van der Waals surface area contributed by atoms with E-state index in [1.807, 2.05) is 35.7 Å². The fourth-order valence-corrected chi connectivity index (χ4v) is 4.29. The van der Waals surface area contributed by atoms with Crippen molar-refractivity contribution in [2.24, 2.45) is 5.10 Å². The molecule has 0 bridgehead atoms. The van der Waals surface area contributed by atoms with Crippen molar-refractivity contribution >= 4 is 29.2 Å². The van der Waals surface area contributed by atoms with E-state index in [1.54, 1.807) is 49.8 Å². The maximum atomic E-state index is 13.1. The second-order valence-corrected chi connectivity index (χ2v) is 7.99. The summed E-state index contributed by atoms with van der Waals surface area (Å²) in [7, 11) is 3.15. The Morgan fingerprint density at radius 3 is 2.62 bits per heavy atom. The van der Waals surface area contributed by atoms with Gasteiger partial charge < -0.3 is 14.2 Å². The average molecular weight is 451 g/mol. The summed E-state index contributed by atoms with van der Waals surface area (Å²) in [5, 5.41) is 8.07. The first-order valence-corrected chi connectivity index (χ1v) is 10.8. The number of carbonyl (C=O) groups is 2. The Morgan fingerprint density at radius 2 is 1.91 bits per heavy atom. The quantitative estimate of drug-likeness (QED) is 0.477. The first-order valence-electron chi connectivity index (χ1n) is 9.97. The van der Waals surface area contributed by atoms with Gasteiger partial charge in [0.1, 0.15) is 5.75 Å². The van der Waals surface area contributed by atoms with Gasteiger partial charge >= 0.3 is 0 Å². The number of benzene rings is 2. The molecule has 0 saturated heterocycles. The van der Waals surface area contributed by atoms with Crippen LogP contribution in [0.15, 0.2) is 65.1 Å². The topological polar surface area (TPSA) is 77.4 Å². The summed E-state index contributed by atoms with van der Waals surface area (Å²) in [5.74, 6) is 1.25. The van der Waals surface area contributed by atoms with Crippen LogP contribution in [-0.2, 0) is 4.79 Å². The highest BCUT2D eigenvalue weighted by Gasteiger charge is 2.34. The maximum absolute atomic E-state index is 13.1. The minimum absolute atomic E-state index is 0.240. The number of para-hydroxylation sites is 1. The second-order valence-electron chi connectivity index (χ2n) is 7.04. The number of hydrogen-bond donors (Lipinski definition) is 0. The minimum atomic E-state index is -0.315. The van der Waals surface area contributed by atoms with Gasteiger partial charge in [0, 0.05) is 6.42 Å². The highest BCUT2D eigenvalue weighted by atomic mass is 32.1. The molecule has 164 valence electrons. The number of rotatable bonds is 8. The third-order valence-electron chi connectivity index (χ3n) is 5.16. The molecule has 0 aliphatic carbocycles. The van der Waals surface area contributed by atoms with E-state index >= 15 is 0 Å². The van der Waals surface area contributed by atoms with Gasteiger partial charge in [0.25, 0.3) is 5.91 Å². The van der Waals surface area contributed by atoms with E-state index < -0.39 is 0 Å². The summed E-state index contributed by atoms with van der Waals surface area (Å²) in [5.41, 5.74) is 2.10. The molecule has 0 radical (unpaired) electrons. The summed E-state index contributed by atoms with van der Waals surface area (Å²) >= 11 is 1.58. The lowest BCUT2D eigenvalue weighted by Crippen LogP contribution is -2.31. The molecule has 4 rings (SSSR count). The van der Waals surface area contributed by atoms with Crippen molar-refractivity contribution in [1.82, 2.24) is 5.01 Å². The maximum Gasteiger partial charge on any atom is 0.281 e. The van der Waals surface area contributed by atoms with E-state index in [1.165, 1.54) is 5.01 Å². The fourth-order valence-electron chi connectivity index (χ4n) is 3.57. The molecule has 1 unspecified atom stereocenters. The molecule has 1 amide bonds. The monoisotopic (exact) mass is 450 g/mol. The third-order valence-corrected chi connectivity index (χ3v) is 6.08. The Hall–Kier alpha value is -3.65. The lowest BCUT2D eigenvalue weighted by molar-refractivity contribution is -0.135. The van der Waals surface area contributed by atoms with Gasteiger partial charge in [-0.15, -0.1) is 11.3 Å². The van der Waals surface area contributed by atoms with Crippen LogP contribution in [0.2, 0.25) is 0 Å². The molecule has 1 aliphatic heterocycles. The fraction of sp³-hybridized carbons (Fsp3) is 0.208. The summed E-state index contributed by atoms with van der Waals surface area (Å²) in [6.07, 6.45) is 1.27. The molecule has 7 nitrogen and oxygen atoms in total. The Bertz CT molecular complexity index is 1140. The molecule has 0 fully saturated rings. The SMILES string of the molecule is COc1ccc(C2CC(c3cccs3)=NN2C(=O)COc2ccccc2C=O)cc1OC. The van der Waals surface area contributed by atoms with E-state index in [2.05, 4.69) is 5.10 Å². The first-order chi connectivity index (χ1) is 15.6. The Balaban J connectivity index is 1.61. The van der Waals surface area contributed by atoms with E-state index in [-0.39, 0.29) is 18.6 Å². The summed E-state index contributed by atoms with van der Waals surface area (Å²) in [4.78, 5) is 25.4. The van der Waals surface area contributed by atoms with Crippen LogP contribution < -0.4 is 14.2 Å². The summed E-state index contributed by atoms with van der Waals surface area (Å²) in [6, 6.07) is 16.0. The standard InChI is InChI=1S/C24H22N2O5S/c1-29-21-10-9-16(12-22(21)30-2)19-13-18(23-8-5-11-32-23)25-26(19)24(28)15-31-20-7-4-3-6-17(20)14-27/h3-12,14,19H,13,15H2,1-2H3. The zero-order chi connectivity index (χ0) is 22.5. The molecular weight excluding hydrogens is 428 g/mol. The van der Waals surface area contributed by atoms with Crippen LogP contribution in [0.1, 0.15) is 33.3 Å². The molecule has 0 saturated carbocycles. The highest BCUT2D eigenvalue weighted by Crippen LogP contribution is 2.38. The molecule has 8 heteroatoms. The van der Waals surface area contributed by atoms with Crippen molar-refractivity contribution in [1.29, 1.82) is 0 Å². The molecule has 2 heterocycles. The molecule has 32 heavy (non-hydrogen) atoms. The number of nitrogens with zero attached hydrogens (tertiary/aromatic N) is 2. The van der Waals surface area contributed by atoms with Crippen molar-refractivity contribution in [3.05, 3.63) is 76.0 Å². The van der Waals surface area contributed by atoms with E-state index in [0.717, 1.165) is 16.2 Å². The van der Waals surface area contributed by atoms with Gasteiger partial charge in [-0.05, 0) is 41.3 Å². The van der Waals surface area contributed by atoms with Gasteiger partial charge in [-0.2, -0.15) is 5.10 Å². The number of methoxy groups -OCH3 is 2. The van der Waals surface area contributed by atoms with Gasteiger partial charge in [0.15, 0.2) is 24.4 Å². The normalized spacial score (nSPS) is 15.2. The first kappa shape index (κ1) is 21.6. The van der Waals surface area contributed by atoms with Crippen LogP contribution in [0.5, 0.6) is 17.2 Å². The Morgan fingerprint density at radius 1 is 1.09 bits per heavy atom. The van der Waals surface area contributed by atoms with Crippen LogP contribution in [-0.4, -0.2) is 43.7 Å². The van der Waals surface area contributed by atoms with E-state index in [9.17, 15) is 9.59 Å². The van der Waals surface area contributed by atoms with Crippen molar-refractivity contribution in [3.8, 4) is 17.2 Å². The number of amides is 1. The lowest BCUT2D eigenvalue weighted by Gasteiger charge is -2.23. The van der Waals surface area contributed by atoms with Crippen LogP contribution in [0.3, 0.4) is 0 Å². The summed E-state index contributed by atoms with van der Waals surface area (Å²) in [6.45, 7) is -0.240. The van der Waals surface area contributed by atoms with Gasteiger partial charge in [0.2, 0.25) is 0 Å². The predicted molar refractivity (Wildman–Crippen MR) is 122 cm³/mol. The second kappa shape index (κ2) is 9.65. The predicted octanol–water partition coefficient (Wildman–Crippen LogP) is 4.33. The van der Waals surface area contributed by atoms with Gasteiger partial charge in [-0.25, -0.2) is 5.01 Å². The zero-order valence-electron chi connectivity index (χ0n) is 17.7. The smallest absolute Gasteiger partial charge is 0.281 e. The van der Waals surface area contributed by atoms with Gasteiger partial charge in [-0.1, -0.05) is 24.3 Å². The van der Waals surface area contributed by atoms with Crippen molar-refractivity contribution in [3.63, 3.8) is 0 Å². The van der Waals surface area contributed by atoms with Crippen molar-refractivity contribution < 1.29 is 23.8 Å². The highest BCUT2D eigenvalue weighted by molar-refractivity contribution is 7.12. The Kier molecular flexibility index (Phi) is 6.51. The molecule has 3 aromatic rings. The number of hydrazone groups is 1. The number of thiophene rings is 1.